The zero-order chi connectivity index (χ0) is 14.8. The molecule has 0 N–H and O–H groups in total. The third-order valence-electron chi connectivity index (χ3n) is 2.56. The minimum absolute atomic E-state index is 0.0632. The maximum atomic E-state index is 12.9. The van der Waals surface area contributed by atoms with Crippen LogP contribution >= 0.6 is 0 Å². The van der Waals surface area contributed by atoms with Crippen LogP contribution in [0.3, 0.4) is 0 Å². The smallest absolute Gasteiger partial charge is 0.420 e. The Morgan fingerprint density at radius 3 is 2.50 bits per heavy atom. The Labute approximate surface area is 113 Å². The number of alkyl halides is 3. The maximum Gasteiger partial charge on any atom is 0.420 e. The molecule has 6 heteroatoms. The summed E-state index contributed by atoms with van der Waals surface area (Å²) in [6, 6.07) is 6.29. The lowest BCUT2D eigenvalue weighted by Gasteiger charge is -2.14. The highest BCUT2D eigenvalue weighted by Crippen LogP contribution is 2.38. The molecule has 0 saturated carbocycles. The zero-order valence-electron chi connectivity index (χ0n) is 10.4. The largest absolute Gasteiger partial charge is 0.455 e. The van der Waals surface area contributed by atoms with Gasteiger partial charge in [-0.05, 0) is 37.3 Å². The van der Waals surface area contributed by atoms with E-state index in [9.17, 15) is 18.0 Å². The fraction of sp³-hybridized carbons (Fsp3) is 0.143. The molecule has 0 atom stereocenters. The zero-order valence-corrected chi connectivity index (χ0v) is 10.4. The molecular weight excluding hydrogens is 271 g/mol. The normalized spacial score (nSPS) is 11.2. The molecule has 0 spiro atoms. The van der Waals surface area contributed by atoms with Crippen LogP contribution in [0.25, 0.3) is 0 Å². The molecule has 0 aliphatic rings. The van der Waals surface area contributed by atoms with Crippen LogP contribution < -0.4 is 4.74 Å². The molecule has 0 saturated heterocycles. The van der Waals surface area contributed by atoms with Gasteiger partial charge in [-0.2, -0.15) is 13.2 Å². The van der Waals surface area contributed by atoms with Crippen LogP contribution in [0.5, 0.6) is 11.5 Å². The second-order valence-corrected chi connectivity index (χ2v) is 4.11. The van der Waals surface area contributed by atoms with Crippen LogP contribution in [0.4, 0.5) is 13.2 Å². The average molecular weight is 281 g/mol. The first-order valence-electron chi connectivity index (χ1n) is 5.67. The molecule has 1 aromatic heterocycles. The van der Waals surface area contributed by atoms with Crippen LogP contribution in [0, 0.1) is 6.92 Å². The number of aryl methyl sites for hydroxylation is 1. The number of carbonyl (C=O) groups excluding carboxylic acids is 1. The van der Waals surface area contributed by atoms with E-state index < -0.39 is 11.7 Å². The Morgan fingerprint density at radius 2 is 1.95 bits per heavy atom. The molecule has 0 aliphatic carbocycles. The molecule has 104 valence electrons. The summed E-state index contributed by atoms with van der Waals surface area (Å²) in [7, 11) is 0. The summed E-state index contributed by atoms with van der Waals surface area (Å²) in [4.78, 5) is 14.5. The number of nitrogens with zero attached hydrogens (tertiary/aromatic N) is 1. The van der Waals surface area contributed by atoms with E-state index in [2.05, 4.69) is 4.98 Å². The Morgan fingerprint density at radius 1 is 1.20 bits per heavy atom. The fourth-order valence-corrected chi connectivity index (χ4v) is 1.57. The van der Waals surface area contributed by atoms with Gasteiger partial charge >= 0.3 is 6.18 Å². The van der Waals surface area contributed by atoms with Gasteiger partial charge in [0.2, 0.25) is 0 Å². The van der Waals surface area contributed by atoms with Crippen LogP contribution in [0.2, 0.25) is 0 Å². The number of hydrogen-bond donors (Lipinski definition) is 0. The van der Waals surface area contributed by atoms with Crippen molar-refractivity contribution in [3.05, 3.63) is 53.3 Å². The maximum absolute atomic E-state index is 12.9. The van der Waals surface area contributed by atoms with E-state index in [0.29, 0.717) is 6.29 Å². The second kappa shape index (κ2) is 5.32. The molecule has 1 aromatic carbocycles. The highest BCUT2D eigenvalue weighted by molar-refractivity contribution is 5.75. The summed E-state index contributed by atoms with van der Waals surface area (Å²) in [5.74, 6) is -0.172. The molecule has 20 heavy (non-hydrogen) atoms. The van der Waals surface area contributed by atoms with Gasteiger partial charge in [-0.1, -0.05) is 0 Å². The molecule has 0 amide bonds. The monoisotopic (exact) mass is 281 g/mol. The van der Waals surface area contributed by atoms with E-state index in [1.54, 1.807) is 13.0 Å². The number of rotatable bonds is 3. The van der Waals surface area contributed by atoms with Crippen molar-refractivity contribution in [2.75, 3.05) is 0 Å². The topological polar surface area (TPSA) is 39.2 Å². The van der Waals surface area contributed by atoms with Crippen LogP contribution in [-0.2, 0) is 6.18 Å². The highest BCUT2D eigenvalue weighted by Gasteiger charge is 2.34. The van der Waals surface area contributed by atoms with E-state index in [-0.39, 0.29) is 17.1 Å². The molecule has 2 rings (SSSR count). The molecule has 0 fully saturated rings. The second-order valence-electron chi connectivity index (χ2n) is 4.11. The third-order valence-corrected chi connectivity index (χ3v) is 2.56. The summed E-state index contributed by atoms with van der Waals surface area (Å²) in [5.41, 5.74) is -0.334. The van der Waals surface area contributed by atoms with E-state index in [1.165, 1.54) is 18.3 Å². The van der Waals surface area contributed by atoms with E-state index in [4.69, 9.17) is 4.74 Å². The molecule has 0 bridgehead atoms. The SMILES string of the molecule is Cc1ccc(Oc2ccc(C=O)cc2C(F)(F)F)cn1. The number of carbonyl (C=O) groups is 1. The number of aromatic nitrogens is 1. The third kappa shape index (κ3) is 3.14. The first-order valence-corrected chi connectivity index (χ1v) is 5.67. The van der Waals surface area contributed by atoms with Crippen molar-refractivity contribution in [2.45, 2.75) is 13.1 Å². The van der Waals surface area contributed by atoms with Crippen molar-refractivity contribution in [3.8, 4) is 11.5 Å². The van der Waals surface area contributed by atoms with Crippen LogP contribution in [0.15, 0.2) is 36.5 Å². The van der Waals surface area contributed by atoms with Gasteiger partial charge in [0, 0.05) is 11.3 Å². The van der Waals surface area contributed by atoms with Crippen molar-refractivity contribution >= 4 is 6.29 Å². The Balaban J connectivity index is 2.40. The van der Waals surface area contributed by atoms with Gasteiger partial charge in [-0.15, -0.1) is 0 Å². The van der Waals surface area contributed by atoms with Crippen molar-refractivity contribution in [2.24, 2.45) is 0 Å². The number of pyridine rings is 1. The first kappa shape index (κ1) is 14.0. The van der Waals surface area contributed by atoms with Crippen molar-refractivity contribution in [3.63, 3.8) is 0 Å². The van der Waals surface area contributed by atoms with E-state index in [1.807, 2.05) is 0 Å². The van der Waals surface area contributed by atoms with Crippen molar-refractivity contribution < 1.29 is 22.7 Å². The molecule has 0 aliphatic heterocycles. The number of benzene rings is 1. The molecule has 0 radical (unpaired) electrons. The summed E-state index contributed by atoms with van der Waals surface area (Å²) >= 11 is 0. The van der Waals surface area contributed by atoms with Crippen LogP contribution in [-0.4, -0.2) is 11.3 Å². The quantitative estimate of drug-likeness (QED) is 0.798. The number of aldehydes is 1. The Kier molecular flexibility index (Phi) is 3.74. The summed E-state index contributed by atoms with van der Waals surface area (Å²) < 4.78 is 44.0. The summed E-state index contributed by atoms with van der Waals surface area (Å²) in [6.07, 6.45) is -2.91. The standard InChI is InChI=1S/C14H10F3NO2/c1-9-2-4-11(7-18-9)20-13-5-3-10(8-19)6-12(13)14(15,16)17/h2-8H,1H3. The number of hydrogen-bond acceptors (Lipinski definition) is 3. The van der Waals surface area contributed by atoms with Crippen LogP contribution in [0.1, 0.15) is 21.6 Å². The van der Waals surface area contributed by atoms with Gasteiger partial charge in [0.1, 0.15) is 17.8 Å². The highest BCUT2D eigenvalue weighted by atomic mass is 19.4. The summed E-state index contributed by atoms with van der Waals surface area (Å²) in [6.45, 7) is 1.75. The van der Waals surface area contributed by atoms with Gasteiger partial charge in [-0.3, -0.25) is 9.78 Å². The fourth-order valence-electron chi connectivity index (χ4n) is 1.57. The lowest BCUT2D eigenvalue weighted by Crippen LogP contribution is -2.08. The van der Waals surface area contributed by atoms with Gasteiger partial charge < -0.3 is 4.74 Å². The Hall–Kier alpha value is -2.37. The molecular formula is C14H10F3NO2. The molecule has 3 nitrogen and oxygen atoms in total. The van der Waals surface area contributed by atoms with Crippen molar-refractivity contribution in [1.29, 1.82) is 0 Å². The minimum Gasteiger partial charge on any atom is -0.455 e. The van der Waals surface area contributed by atoms with E-state index >= 15 is 0 Å². The lowest BCUT2D eigenvalue weighted by molar-refractivity contribution is -0.138. The average Bonchev–Trinajstić information content (AvgIpc) is 2.40. The molecule has 1 heterocycles. The van der Waals surface area contributed by atoms with Gasteiger partial charge in [-0.25, -0.2) is 0 Å². The predicted molar refractivity (Wildman–Crippen MR) is 65.9 cm³/mol. The van der Waals surface area contributed by atoms with E-state index in [0.717, 1.165) is 17.8 Å². The minimum atomic E-state index is -4.60. The van der Waals surface area contributed by atoms with Gasteiger partial charge in [0.15, 0.2) is 0 Å². The number of halogens is 3. The Bertz CT molecular complexity index is 621. The predicted octanol–water partition coefficient (Wildman–Crippen LogP) is 4.01. The number of ether oxygens (including phenoxy) is 1. The first-order chi connectivity index (χ1) is 9.40. The van der Waals surface area contributed by atoms with Crippen molar-refractivity contribution in [1.82, 2.24) is 4.98 Å². The molecule has 2 aromatic rings. The lowest BCUT2D eigenvalue weighted by atomic mass is 10.1. The molecule has 0 unspecified atom stereocenters. The van der Waals surface area contributed by atoms with Gasteiger partial charge in [0.25, 0.3) is 0 Å². The summed E-state index contributed by atoms with van der Waals surface area (Å²) in [5, 5.41) is 0. The van der Waals surface area contributed by atoms with Gasteiger partial charge in [0.05, 0.1) is 11.8 Å².